The summed E-state index contributed by atoms with van der Waals surface area (Å²) in [7, 11) is 0. The van der Waals surface area contributed by atoms with Gasteiger partial charge in [-0.15, -0.1) is 12.4 Å². The Morgan fingerprint density at radius 3 is 2.57 bits per heavy atom. The summed E-state index contributed by atoms with van der Waals surface area (Å²) in [6.07, 6.45) is 3.16. The molecule has 4 nitrogen and oxygen atoms in total. The molecule has 2 aromatic rings. The van der Waals surface area contributed by atoms with Gasteiger partial charge in [0, 0.05) is 18.3 Å². The summed E-state index contributed by atoms with van der Waals surface area (Å²) in [6.45, 7) is 3.25. The number of nitrogen functional groups attached to an aromatic ring is 1. The largest absolute Gasteiger partial charge is 0.454 e. The number of anilines is 3. The number of nitrogens with two attached hydrogens (primary N) is 1. The first-order valence-corrected chi connectivity index (χ1v) is 7.42. The molecule has 2 aliphatic heterocycles. The van der Waals surface area contributed by atoms with E-state index in [4.69, 9.17) is 15.2 Å². The summed E-state index contributed by atoms with van der Waals surface area (Å²) < 4.78 is 11.1. The van der Waals surface area contributed by atoms with E-state index in [2.05, 4.69) is 36.1 Å². The van der Waals surface area contributed by atoms with E-state index in [1.54, 1.807) is 0 Å². The first-order valence-electron chi connectivity index (χ1n) is 7.42. The van der Waals surface area contributed by atoms with E-state index in [0.717, 1.165) is 41.5 Å². The topological polar surface area (TPSA) is 47.7 Å². The molecule has 0 aliphatic carbocycles. The van der Waals surface area contributed by atoms with Crippen LogP contribution in [-0.2, 0) is 6.42 Å². The fourth-order valence-corrected chi connectivity index (χ4v) is 3.05. The first kappa shape index (κ1) is 15.6. The van der Waals surface area contributed by atoms with Crippen molar-refractivity contribution in [3.05, 3.63) is 53.6 Å². The lowest BCUT2D eigenvalue weighted by atomic mass is 10.0. The first-order chi connectivity index (χ1) is 10.7. The predicted molar refractivity (Wildman–Crippen MR) is 95.1 cm³/mol. The molecule has 2 N–H and O–H groups in total. The summed E-state index contributed by atoms with van der Waals surface area (Å²) in [5.74, 6) is 1.63. The van der Waals surface area contributed by atoms with Crippen LogP contribution in [0.25, 0.3) is 0 Å². The van der Waals surface area contributed by atoms with Crippen LogP contribution in [-0.4, -0.2) is 13.3 Å². The van der Waals surface area contributed by atoms with Gasteiger partial charge in [-0.2, -0.15) is 0 Å². The van der Waals surface area contributed by atoms with E-state index in [1.165, 1.54) is 11.1 Å². The molecule has 0 saturated heterocycles. The highest BCUT2D eigenvalue weighted by atomic mass is 35.5. The SMILES string of the molecule is CC1=CCN(c2ccccc2N)c2cc3c(cc2C1)OCO3.Cl. The fourth-order valence-electron chi connectivity index (χ4n) is 3.05. The summed E-state index contributed by atoms with van der Waals surface area (Å²) in [5, 5.41) is 0. The lowest BCUT2D eigenvalue weighted by Gasteiger charge is -2.26. The molecule has 0 spiro atoms. The molecule has 0 amide bonds. The third kappa shape index (κ3) is 2.70. The van der Waals surface area contributed by atoms with Gasteiger partial charge in [-0.05, 0) is 37.1 Å². The molecule has 2 aliphatic rings. The number of para-hydroxylation sites is 2. The summed E-state index contributed by atoms with van der Waals surface area (Å²) in [6, 6.07) is 12.1. The van der Waals surface area contributed by atoms with Crippen LogP contribution in [0.4, 0.5) is 17.1 Å². The Kier molecular flexibility index (Phi) is 4.09. The summed E-state index contributed by atoms with van der Waals surface area (Å²) >= 11 is 0. The van der Waals surface area contributed by atoms with Crippen LogP contribution in [0.2, 0.25) is 0 Å². The highest BCUT2D eigenvalue weighted by Crippen LogP contribution is 2.43. The number of nitrogens with zero attached hydrogens (tertiary/aromatic N) is 1. The van der Waals surface area contributed by atoms with Crippen molar-refractivity contribution < 1.29 is 9.47 Å². The highest BCUT2D eigenvalue weighted by molar-refractivity contribution is 5.85. The van der Waals surface area contributed by atoms with Crippen molar-refractivity contribution in [1.29, 1.82) is 0 Å². The second-order valence-electron chi connectivity index (χ2n) is 5.73. The van der Waals surface area contributed by atoms with Crippen molar-refractivity contribution in [2.45, 2.75) is 13.3 Å². The average Bonchev–Trinajstić information content (AvgIpc) is 2.89. The van der Waals surface area contributed by atoms with E-state index in [9.17, 15) is 0 Å². The molecule has 0 radical (unpaired) electrons. The van der Waals surface area contributed by atoms with Crippen molar-refractivity contribution in [3.63, 3.8) is 0 Å². The number of allylic oxidation sites excluding steroid dienone is 1. The fraction of sp³-hybridized carbons (Fsp3) is 0.222. The van der Waals surface area contributed by atoms with Crippen molar-refractivity contribution in [2.75, 3.05) is 24.0 Å². The third-order valence-electron chi connectivity index (χ3n) is 4.18. The van der Waals surface area contributed by atoms with E-state index < -0.39 is 0 Å². The molecule has 4 rings (SSSR count). The van der Waals surface area contributed by atoms with Crippen LogP contribution in [0, 0.1) is 0 Å². The molecule has 2 aromatic carbocycles. The Bertz CT molecular complexity index is 774. The zero-order chi connectivity index (χ0) is 15.1. The van der Waals surface area contributed by atoms with Crippen molar-refractivity contribution >= 4 is 29.5 Å². The molecular formula is C18H19ClN2O2. The van der Waals surface area contributed by atoms with Gasteiger partial charge in [-0.1, -0.05) is 23.8 Å². The number of halogens is 1. The van der Waals surface area contributed by atoms with Crippen LogP contribution in [0.15, 0.2) is 48.0 Å². The molecule has 5 heteroatoms. The van der Waals surface area contributed by atoms with Crippen molar-refractivity contribution in [1.82, 2.24) is 0 Å². The van der Waals surface area contributed by atoms with Crippen LogP contribution >= 0.6 is 12.4 Å². The van der Waals surface area contributed by atoms with Gasteiger partial charge in [0.1, 0.15) is 0 Å². The van der Waals surface area contributed by atoms with E-state index in [-0.39, 0.29) is 12.4 Å². The van der Waals surface area contributed by atoms with Gasteiger partial charge in [-0.3, -0.25) is 0 Å². The average molecular weight is 331 g/mol. The minimum Gasteiger partial charge on any atom is -0.454 e. The van der Waals surface area contributed by atoms with Gasteiger partial charge in [0.15, 0.2) is 11.5 Å². The van der Waals surface area contributed by atoms with Gasteiger partial charge in [-0.25, -0.2) is 0 Å². The predicted octanol–water partition coefficient (Wildman–Crippen LogP) is 4.06. The maximum absolute atomic E-state index is 6.19. The van der Waals surface area contributed by atoms with Crippen molar-refractivity contribution in [2.24, 2.45) is 0 Å². The summed E-state index contributed by atoms with van der Waals surface area (Å²) in [4.78, 5) is 2.24. The van der Waals surface area contributed by atoms with E-state index in [0.29, 0.717) is 6.79 Å². The number of benzene rings is 2. The molecule has 23 heavy (non-hydrogen) atoms. The number of rotatable bonds is 1. The Morgan fingerprint density at radius 1 is 1.04 bits per heavy atom. The second-order valence-corrected chi connectivity index (χ2v) is 5.73. The van der Waals surface area contributed by atoms with Gasteiger partial charge in [0.25, 0.3) is 0 Å². The molecule has 0 aromatic heterocycles. The smallest absolute Gasteiger partial charge is 0.231 e. The molecule has 0 unspecified atom stereocenters. The standard InChI is InChI=1S/C18H18N2O2.ClH/c1-12-6-7-20(15-5-3-2-4-14(15)19)16-10-18-17(21-11-22-18)9-13(16)8-12;/h2-6,9-10H,7-8,11,19H2,1H3;1H. The normalized spacial score (nSPS) is 15.3. The highest BCUT2D eigenvalue weighted by Gasteiger charge is 2.23. The monoisotopic (exact) mass is 330 g/mol. The maximum Gasteiger partial charge on any atom is 0.231 e. The van der Waals surface area contributed by atoms with Crippen LogP contribution in [0.5, 0.6) is 11.5 Å². The Balaban J connectivity index is 0.00000156. The van der Waals surface area contributed by atoms with E-state index >= 15 is 0 Å². The molecule has 120 valence electrons. The Morgan fingerprint density at radius 2 is 1.78 bits per heavy atom. The van der Waals surface area contributed by atoms with Gasteiger partial charge in [0.2, 0.25) is 6.79 Å². The zero-order valence-electron chi connectivity index (χ0n) is 12.9. The lowest BCUT2D eigenvalue weighted by Crippen LogP contribution is -2.18. The number of fused-ring (bicyclic) bond motifs is 2. The third-order valence-corrected chi connectivity index (χ3v) is 4.18. The van der Waals surface area contributed by atoms with Crippen LogP contribution < -0.4 is 20.1 Å². The van der Waals surface area contributed by atoms with Gasteiger partial charge >= 0.3 is 0 Å². The second kappa shape index (κ2) is 6.05. The number of hydrogen-bond donors (Lipinski definition) is 1. The van der Waals surface area contributed by atoms with Gasteiger partial charge < -0.3 is 20.1 Å². The summed E-state index contributed by atoms with van der Waals surface area (Å²) in [5.41, 5.74) is 11.7. The number of hydrogen-bond acceptors (Lipinski definition) is 4. The van der Waals surface area contributed by atoms with Crippen LogP contribution in [0.3, 0.4) is 0 Å². The Labute approximate surface area is 141 Å². The maximum atomic E-state index is 6.19. The molecule has 0 bridgehead atoms. The van der Waals surface area contributed by atoms with E-state index in [1.807, 2.05) is 18.2 Å². The molecule has 0 saturated carbocycles. The van der Waals surface area contributed by atoms with Gasteiger partial charge in [0.05, 0.1) is 11.4 Å². The lowest BCUT2D eigenvalue weighted by molar-refractivity contribution is 0.174. The van der Waals surface area contributed by atoms with Crippen molar-refractivity contribution in [3.8, 4) is 11.5 Å². The number of ether oxygens (including phenoxy) is 2. The zero-order valence-corrected chi connectivity index (χ0v) is 13.7. The molecule has 2 heterocycles. The molecule has 0 fully saturated rings. The Hall–Kier alpha value is -2.33. The molecule has 0 atom stereocenters. The minimum atomic E-state index is 0. The minimum absolute atomic E-state index is 0. The molecular weight excluding hydrogens is 312 g/mol. The quantitative estimate of drug-likeness (QED) is 0.632. The van der Waals surface area contributed by atoms with Crippen LogP contribution in [0.1, 0.15) is 12.5 Å².